The van der Waals surface area contributed by atoms with Crippen LogP contribution in [-0.4, -0.2) is 53.5 Å². The molecule has 0 bridgehead atoms. The number of aromatic nitrogens is 1. The fourth-order valence-electron chi connectivity index (χ4n) is 5.09. The van der Waals surface area contributed by atoms with Gasteiger partial charge < -0.3 is 14.7 Å². The number of carboxylic acids is 1. The van der Waals surface area contributed by atoms with Crippen LogP contribution in [0.3, 0.4) is 0 Å². The number of rotatable bonds is 11. The molecule has 2 atom stereocenters. The highest BCUT2D eigenvalue weighted by Crippen LogP contribution is 2.32. The van der Waals surface area contributed by atoms with Gasteiger partial charge in [-0.3, -0.25) is 9.78 Å². The van der Waals surface area contributed by atoms with Crippen molar-refractivity contribution in [3.05, 3.63) is 66.4 Å². The van der Waals surface area contributed by atoms with Crippen molar-refractivity contribution in [3.63, 3.8) is 0 Å². The van der Waals surface area contributed by atoms with E-state index in [2.05, 4.69) is 46.3 Å². The Morgan fingerprint density at radius 2 is 2.03 bits per heavy atom. The molecule has 2 aromatic carbocycles. The number of carbonyl (C=O) groups is 1. The zero-order valence-corrected chi connectivity index (χ0v) is 20.7. The third kappa shape index (κ3) is 6.73. The maximum atomic E-state index is 11.6. The maximum absolute atomic E-state index is 11.6. The smallest absolute Gasteiger partial charge is 0.303 e. The van der Waals surface area contributed by atoms with Gasteiger partial charge in [-0.05, 0) is 86.0 Å². The Morgan fingerprint density at radius 3 is 2.82 bits per heavy atom. The molecule has 1 aliphatic rings. The van der Waals surface area contributed by atoms with Crippen molar-refractivity contribution < 1.29 is 14.6 Å². The Balaban J connectivity index is 1.31. The Labute approximate surface area is 206 Å². The van der Waals surface area contributed by atoms with Crippen molar-refractivity contribution >= 4 is 28.6 Å². The molecule has 1 aromatic heterocycles. The lowest BCUT2D eigenvalue weighted by molar-refractivity contribution is -0.139. The normalized spacial score (nSPS) is 18.7. The lowest BCUT2D eigenvalue weighted by Gasteiger charge is -2.38. The van der Waals surface area contributed by atoms with E-state index >= 15 is 0 Å². The van der Waals surface area contributed by atoms with Crippen molar-refractivity contribution in [2.24, 2.45) is 11.8 Å². The van der Waals surface area contributed by atoms with Crippen molar-refractivity contribution in [2.75, 3.05) is 32.5 Å². The first-order valence-corrected chi connectivity index (χ1v) is 13.1. The minimum absolute atomic E-state index is 0.224. The topological polar surface area (TPSA) is 62.7 Å². The summed E-state index contributed by atoms with van der Waals surface area (Å²) < 4.78 is 5.40. The molecule has 1 N–H and O–H groups in total. The second kappa shape index (κ2) is 12.2. The fourth-order valence-corrected chi connectivity index (χ4v) is 6.02. The molecular weight excluding hydrogens is 444 g/mol. The fraction of sp³-hybridized carbons (Fsp3) is 0.429. The first-order valence-electron chi connectivity index (χ1n) is 12.2. The number of pyridine rings is 1. The van der Waals surface area contributed by atoms with E-state index < -0.39 is 5.97 Å². The van der Waals surface area contributed by atoms with Gasteiger partial charge in [0.2, 0.25) is 0 Å². The van der Waals surface area contributed by atoms with E-state index in [9.17, 15) is 9.90 Å². The van der Waals surface area contributed by atoms with Gasteiger partial charge in [0.05, 0.1) is 12.6 Å². The molecular formula is C28H34N2O3S. The average Bonchev–Trinajstić information content (AvgIpc) is 2.85. The second-order valence-corrected chi connectivity index (χ2v) is 10.3. The van der Waals surface area contributed by atoms with Gasteiger partial charge >= 0.3 is 5.97 Å². The van der Waals surface area contributed by atoms with E-state index in [0.717, 1.165) is 67.7 Å². The van der Waals surface area contributed by atoms with Crippen LogP contribution in [0.25, 0.3) is 10.9 Å². The molecule has 180 valence electrons. The van der Waals surface area contributed by atoms with Gasteiger partial charge in [-0.2, -0.15) is 0 Å². The van der Waals surface area contributed by atoms with Crippen molar-refractivity contribution in [3.8, 4) is 5.75 Å². The number of methoxy groups -OCH3 is 1. The summed E-state index contributed by atoms with van der Waals surface area (Å²) in [6.07, 6.45) is 6.32. The predicted octanol–water partition coefficient (Wildman–Crippen LogP) is 5.77. The average molecular weight is 479 g/mol. The van der Waals surface area contributed by atoms with Crippen LogP contribution in [0.15, 0.2) is 65.7 Å². The summed E-state index contributed by atoms with van der Waals surface area (Å²) >= 11 is 1.87. The lowest BCUT2D eigenvalue weighted by Crippen LogP contribution is -2.42. The van der Waals surface area contributed by atoms with E-state index in [1.807, 2.05) is 36.2 Å². The Morgan fingerprint density at radius 1 is 1.18 bits per heavy atom. The van der Waals surface area contributed by atoms with Gasteiger partial charge in [0.25, 0.3) is 0 Å². The third-order valence-corrected chi connectivity index (χ3v) is 7.88. The minimum Gasteiger partial charge on any atom is -0.497 e. The summed E-state index contributed by atoms with van der Waals surface area (Å²) in [4.78, 5) is 19.8. The Bertz CT molecular complexity index is 1080. The molecule has 0 spiro atoms. The summed E-state index contributed by atoms with van der Waals surface area (Å²) in [5, 5.41) is 10.7. The van der Waals surface area contributed by atoms with Gasteiger partial charge in [0.15, 0.2) is 0 Å². The standard InChI is InChI=1S/C28H34N2O3S/c1-33-24-10-11-27-26(19-24)22(12-14-29-27)7-5-6-21-13-15-30(20-23(21)18-28(31)32)16-17-34-25-8-3-2-4-9-25/h2-4,8-12,14,19,21,23H,5-7,13,15-18,20H2,1H3,(H,31,32)/t21-,23+/m1/s1. The summed E-state index contributed by atoms with van der Waals surface area (Å²) in [6.45, 7) is 2.96. The van der Waals surface area contributed by atoms with E-state index in [0.29, 0.717) is 5.92 Å². The number of ether oxygens (including phenoxy) is 1. The number of thioether (sulfide) groups is 1. The summed E-state index contributed by atoms with van der Waals surface area (Å²) in [5.74, 6) is 1.90. The number of aliphatic carboxylic acids is 1. The number of fused-ring (bicyclic) bond motifs is 1. The van der Waals surface area contributed by atoms with E-state index in [1.54, 1.807) is 7.11 Å². The molecule has 2 heterocycles. The summed E-state index contributed by atoms with van der Waals surface area (Å²) in [6, 6.07) is 18.6. The quantitative estimate of drug-likeness (QED) is 0.353. The molecule has 5 nitrogen and oxygen atoms in total. The molecule has 6 heteroatoms. The minimum atomic E-state index is -0.678. The molecule has 4 rings (SSSR count). The highest BCUT2D eigenvalue weighted by Gasteiger charge is 2.30. The molecule has 0 unspecified atom stereocenters. The van der Waals surface area contributed by atoms with Crippen LogP contribution in [0.2, 0.25) is 0 Å². The molecule has 0 amide bonds. The van der Waals surface area contributed by atoms with Crippen molar-refractivity contribution in [1.82, 2.24) is 9.88 Å². The number of hydrogen-bond donors (Lipinski definition) is 1. The third-order valence-electron chi connectivity index (χ3n) is 6.89. The van der Waals surface area contributed by atoms with Crippen molar-refractivity contribution in [2.45, 2.75) is 37.0 Å². The predicted molar refractivity (Wildman–Crippen MR) is 139 cm³/mol. The van der Waals surface area contributed by atoms with Crippen molar-refractivity contribution in [1.29, 1.82) is 0 Å². The lowest BCUT2D eigenvalue weighted by atomic mass is 9.80. The largest absolute Gasteiger partial charge is 0.497 e. The van der Waals surface area contributed by atoms with Gasteiger partial charge in [-0.15, -0.1) is 11.8 Å². The maximum Gasteiger partial charge on any atom is 0.303 e. The summed E-state index contributed by atoms with van der Waals surface area (Å²) in [5.41, 5.74) is 2.28. The number of nitrogens with zero attached hydrogens (tertiary/aromatic N) is 2. The first kappa shape index (κ1) is 24.6. The number of hydrogen-bond acceptors (Lipinski definition) is 5. The molecule has 1 aliphatic heterocycles. The SMILES string of the molecule is COc1ccc2nccc(CCC[C@@H]3CCN(CCSc4ccccc4)C[C@@H]3CC(=O)O)c2c1. The van der Waals surface area contributed by atoms with E-state index in [-0.39, 0.29) is 12.3 Å². The van der Waals surface area contributed by atoms with E-state index in [4.69, 9.17) is 4.74 Å². The van der Waals surface area contributed by atoms with Crippen LogP contribution in [0.5, 0.6) is 5.75 Å². The van der Waals surface area contributed by atoms with Crippen LogP contribution in [0.1, 0.15) is 31.2 Å². The van der Waals surface area contributed by atoms with Crippen LogP contribution in [-0.2, 0) is 11.2 Å². The molecule has 1 fully saturated rings. The van der Waals surface area contributed by atoms with Gasteiger partial charge in [0, 0.05) is 41.7 Å². The molecule has 34 heavy (non-hydrogen) atoms. The van der Waals surface area contributed by atoms with Crippen LogP contribution in [0, 0.1) is 11.8 Å². The number of carboxylic acid groups (broad SMARTS) is 1. The van der Waals surface area contributed by atoms with Crippen LogP contribution in [0.4, 0.5) is 0 Å². The number of likely N-dealkylation sites (tertiary alicyclic amines) is 1. The first-order chi connectivity index (χ1) is 16.6. The number of piperidine rings is 1. The second-order valence-electron chi connectivity index (χ2n) is 9.11. The van der Waals surface area contributed by atoms with E-state index in [1.165, 1.54) is 10.5 Å². The number of benzene rings is 2. The summed E-state index contributed by atoms with van der Waals surface area (Å²) in [7, 11) is 1.69. The molecule has 0 saturated carbocycles. The van der Waals surface area contributed by atoms with Crippen LogP contribution >= 0.6 is 11.8 Å². The van der Waals surface area contributed by atoms with Gasteiger partial charge in [-0.1, -0.05) is 18.2 Å². The van der Waals surface area contributed by atoms with Gasteiger partial charge in [0.1, 0.15) is 5.75 Å². The van der Waals surface area contributed by atoms with Crippen LogP contribution < -0.4 is 4.74 Å². The zero-order chi connectivity index (χ0) is 23.8. The highest BCUT2D eigenvalue weighted by molar-refractivity contribution is 7.99. The van der Waals surface area contributed by atoms with Gasteiger partial charge in [-0.25, -0.2) is 0 Å². The molecule has 3 aromatic rings. The zero-order valence-electron chi connectivity index (χ0n) is 19.9. The monoisotopic (exact) mass is 478 g/mol. The number of aryl methyl sites for hydroxylation is 1. The molecule has 1 saturated heterocycles. The highest BCUT2D eigenvalue weighted by atomic mass is 32.2. The Hall–Kier alpha value is -2.57. The molecule has 0 radical (unpaired) electrons. The Kier molecular flexibility index (Phi) is 8.83. The molecule has 0 aliphatic carbocycles.